The van der Waals surface area contributed by atoms with Crippen molar-refractivity contribution in [2.75, 3.05) is 0 Å². The highest BCUT2D eigenvalue weighted by Gasteiger charge is 2.12. The first-order valence-electron chi connectivity index (χ1n) is 10.0. The zero-order chi connectivity index (χ0) is 22.4. The van der Waals surface area contributed by atoms with Gasteiger partial charge in [-0.05, 0) is 82.9 Å². The highest BCUT2D eigenvalue weighted by molar-refractivity contribution is 9.10. The number of hydrogen-bond acceptors (Lipinski definition) is 4. The predicted molar refractivity (Wildman–Crippen MR) is 135 cm³/mol. The fourth-order valence-electron chi connectivity index (χ4n) is 3.56. The molecule has 0 aliphatic rings. The molecule has 0 N–H and O–H groups in total. The Morgan fingerprint density at radius 2 is 1.91 bits per heavy atom. The number of hydrogen-bond donors (Lipinski definition) is 0. The summed E-state index contributed by atoms with van der Waals surface area (Å²) < 4.78 is 9.07. The van der Waals surface area contributed by atoms with E-state index in [0.29, 0.717) is 26.9 Å². The van der Waals surface area contributed by atoms with E-state index in [9.17, 15) is 4.79 Å². The molecule has 0 saturated heterocycles. The Kier molecular flexibility index (Phi) is 5.53. The average Bonchev–Trinajstić information content (AvgIpc) is 3.25. The number of halogens is 2. The maximum absolute atomic E-state index is 13.1. The van der Waals surface area contributed by atoms with E-state index < -0.39 is 0 Å². The largest absolute Gasteiger partial charge is 0.488 e. The second-order valence-electron chi connectivity index (χ2n) is 7.64. The number of thiazole rings is 1. The van der Waals surface area contributed by atoms with E-state index in [4.69, 9.17) is 16.3 Å². The average molecular weight is 526 g/mol. The Labute approximate surface area is 201 Å². The molecule has 0 radical (unpaired) electrons. The molecule has 0 aliphatic carbocycles. The second kappa shape index (κ2) is 8.35. The van der Waals surface area contributed by atoms with Crippen LogP contribution in [0.25, 0.3) is 22.1 Å². The Morgan fingerprint density at radius 3 is 2.69 bits per heavy atom. The SMILES string of the molecule is Cc1cc2nc3s/c(=C\c4ccc(OCc5ccccc5Cl)c(Br)c4)c(=O)n3c2cc1C. The third-order valence-electron chi connectivity index (χ3n) is 5.45. The topological polar surface area (TPSA) is 43.6 Å². The lowest BCUT2D eigenvalue weighted by atomic mass is 10.1. The van der Waals surface area contributed by atoms with Crippen molar-refractivity contribution in [2.24, 2.45) is 0 Å². The predicted octanol–water partition coefficient (Wildman–Crippen LogP) is 6.07. The molecule has 0 atom stereocenters. The van der Waals surface area contributed by atoms with Gasteiger partial charge in [0, 0.05) is 10.6 Å². The van der Waals surface area contributed by atoms with Gasteiger partial charge >= 0.3 is 0 Å². The lowest BCUT2D eigenvalue weighted by Crippen LogP contribution is -2.22. The van der Waals surface area contributed by atoms with Crippen molar-refractivity contribution in [2.45, 2.75) is 20.5 Å². The van der Waals surface area contributed by atoms with Crippen LogP contribution in [0.15, 0.2) is 63.9 Å². The number of aryl methyl sites for hydroxylation is 2. The first-order chi connectivity index (χ1) is 15.4. The molecule has 0 amide bonds. The molecule has 5 rings (SSSR count). The van der Waals surface area contributed by atoms with E-state index in [1.54, 1.807) is 4.40 Å². The second-order valence-corrected chi connectivity index (χ2v) is 9.91. The molecule has 0 aliphatic heterocycles. The van der Waals surface area contributed by atoms with Crippen LogP contribution in [0.2, 0.25) is 5.02 Å². The molecule has 32 heavy (non-hydrogen) atoms. The molecule has 2 heterocycles. The van der Waals surface area contributed by atoms with Crippen molar-refractivity contribution in [1.29, 1.82) is 0 Å². The maximum atomic E-state index is 13.1. The summed E-state index contributed by atoms with van der Waals surface area (Å²) >= 11 is 11.2. The van der Waals surface area contributed by atoms with Crippen LogP contribution in [0.3, 0.4) is 0 Å². The van der Waals surface area contributed by atoms with E-state index in [2.05, 4.69) is 27.8 Å². The van der Waals surface area contributed by atoms with Gasteiger partial charge < -0.3 is 4.74 Å². The van der Waals surface area contributed by atoms with Gasteiger partial charge in [-0.1, -0.05) is 47.2 Å². The van der Waals surface area contributed by atoms with Gasteiger partial charge in [0.2, 0.25) is 0 Å². The summed E-state index contributed by atoms with van der Waals surface area (Å²) in [6.07, 6.45) is 1.89. The Hall–Kier alpha value is -2.67. The normalized spacial score (nSPS) is 12.2. The molecule has 5 aromatic rings. The van der Waals surface area contributed by atoms with E-state index in [0.717, 1.165) is 32.2 Å². The summed E-state index contributed by atoms with van der Waals surface area (Å²) in [6.45, 7) is 4.48. The van der Waals surface area contributed by atoms with Crippen molar-refractivity contribution in [1.82, 2.24) is 9.38 Å². The third-order valence-corrected chi connectivity index (χ3v) is 7.41. The van der Waals surface area contributed by atoms with Gasteiger partial charge in [0.25, 0.3) is 5.56 Å². The first kappa shape index (κ1) is 21.2. The molecule has 3 aromatic carbocycles. The van der Waals surface area contributed by atoms with E-state index >= 15 is 0 Å². The Morgan fingerprint density at radius 1 is 1.12 bits per heavy atom. The first-order valence-corrected chi connectivity index (χ1v) is 12.0. The Bertz CT molecular complexity index is 1610. The van der Waals surface area contributed by atoms with Gasteiger partial charge in [0.05, 0.1) is 20.0 Å². The minimum absolute atomic E-state index is 0.0501. The fourth-order valence-corrected chi connectivity index (χ4v) is 5.25. The molecule has 0 unspecified atom stereocenters. The molecule has 160 valence electrons. The van der Waals surface area contributed by atoms with E-state index in [-0.39, 0.29) is 5.56 Å². The molecular weight excluding hydrogens is 508 g/mol. The Balaban J connectivity index is 1.47. The number of benzene rings is 3. The van der Waals surface area contributed by atoms with Crippen molar-refractivity contribution < 1.29 is 4.74 Å². The van der Waals surface area contributed by atoms with E-state index in [1.165, 1.54) is 16.9 Å². The smallest absolute Gasteiger partial charge is 0.274 e. The van der Waals surface area contributed by atoms with Gasteiger partial charge in [-0.2, -0.15) is 0 Å². The third kappa shape index (κ3) is 3.83. The number of aromatic nitrogens is 2. The highest BCUT2D eigenvalue weighted by atomic mass is 79.9. The molecular formula is C25H18BrClN2O2S. The highest BCUT2D eigenvalue weighted by Crippen LogP contribution is 2.28. The van der Waals surface area contributed by atoms with Crippen molar-refractivity contribution >= 4 is 60.9 Å². The van der Waals surface area contributed by atoms with Crippen molar-refractivity contribution in [3.63, 3.8) is 0 Å². The van der Waals surface area contributed by atoms with E-state index in [1.807, 2.05) is 67.6 Å². The van der Waals surface area contributed by atoms with Gasteiger partial charge in [-0.3, -0.25) is 4.79 Å². The zero-order valence-electron chi connectivity index (χ0n) is 17.4. The van der Waals surface area contributed by atoms with Gasteiger partial charge in [0.1, 0.15) is 12.4 Å². The molecule has 0 saturated carbocycles. The molecule has 7 heteroatoms. The maximum Gasteiger partial charge on any atom is 0.274 e. The van der Waals surface area contributed by atoms with Gasteiger partial charge in [-0.25, -0.2) is 9.38 Å². The number of nitrogens with zero attached hydrogens (tertiary/aromatic N) is 2. The molecule has 0 bridgehead atoms. The van der Waals surface area contributed by atoms with Crippen LogP contribution in [-0.4, -0.2) is 9.38 Å². The van der Waals surface area contributed by atoms with Crippen molar-refractivity contribution in [3.05, 3.63) is 101 Å². The van der Waals surface area contributed by atoms with Crippen LogP contribution in [0, 0.1) is 13.8 Å². The minimum atomic E-state index is -0.0501. The number of imidazole rings is 1. The molecule has 0 spiro atoms. The number of rotatable bonds is 4. The minimum Gasteiger partial charge on any atom is -0.488 e. The van der Waals surface area contributed by atoms with Crippen LogP contribution in [0.5, 0.6) is 5.75 Å². The number of ether oxygens (including phenoxy) is 1. The summed E-state index contributed by atoms with van der Waals surface area (Å²) in [5.74, 6) is 0.710. The summed E-state index contributed by atoms with van der Waals surface area (Å²) in [5, 5.41) is 0.678. The molecule has 4 nitrogen and oxygen atoms in total. The standard InChI is InChI=1S/C25H18BrClN2O2S/c1-14-9-20-21(10-15(14)2)29-24(30)23(32-25(29)28-20)12-16-7-8-22(18(26)11-16)31-13-17-5-3-4-6-19(17)27/h3-12H,13H2,1-2H3/b23-12-. The van der Waals surface area contributed by atoms with Crippen molar-refractivity contribution in [3.8, 4) is 5.75 Å². The summed E-state index contributed by atoms with van der Waals surface area (Å²) in [4.78, 5) is 18.5. The van der Waals surface area contributed by atoms with Crippen LogP contribution in [-0.2, 0) is 6.61 Å². The summed E-state index contributed by atoms with van der Waals surface area (Å²) in [5.41, 5.74) is 5.80. The lowest BCUT2D eigenvalue weighted by Gasteiger charge is -2.10. The summed E-state index contributed by atoms with van der Waals surface area (Å²) in [7, 11) is 0. The van der Waals surface area contributed by atoms with Crippen LogP contribution in [0.1, 0.15) is 22.3 Å². The molecule has 0 fully saturated rings. The zero-order valence-corrected chi connectivity index (χ0v) is 20.5. The van der Waals surface area contributed by atoms with Gasteiger partial charge in [0.15, 0.2) is 4.96 Å². The van der Waals surface area contributed by atoms with Crippen LogP contribution < -0.4 is 14.8 Å². The molecule has 2 aromatic heterocycles. The van der Waals surface area contributed by atoms with Crippen LogP contribution >= 0.6 is 38.9 Å². The number of fused-ring (bicyclic) bond motifs is 3. The van der Waals surface area contributed by atoms with Crippen LogP contribution in [0.4, 0.5) is 0 Å². The quantitative estimate of drug-likeness (QED) is 0.286. The monoisotopic (exact) mass is 524 g/mol. The van der Waals surface area contributed by atoms with Gasteiger partial charge in [-0.15, -0.1) is 0 Å². The summed E-state index contributed by atoms with van der Waals surface area (Å²) in [6, 6.07) is 17.4. The fraction of sp³-hybridized carbons (Fsp3) is 0.120. The lowest BCUT2D eigenvalue weighted by molar-refractivity contribution is 0.304.